The molecule has 1 aliphatic heterocycles. The SMILES string of the molecule is COC1(C(=O)N2Cc3ccc(C(=O)NO)cc3OCC2C)CCCCC1. The quantitative estimate of drug-likeness (QED) is 0.636. The lowest BCUT2D eigenvalue weighted by molar-refractivity contribution is -0.162. The van der Waals surface area contributed by atoms with Crippen LogP contribution in [-0.2, 0) is 16.1 Å². The van der Waals surface area contributed by atoms with E-state index in [1.165, 1.54) is 0 Å². The summed E-state index contributed by atoms with van der Waals surface area (Å²) in [4.78, 5) is 26.8. The lowest BCUT2D eigenvalue weighted by Crippen LogP contribution is -2.54. The van der Waals surface area contributed by atoms with Gasteiger partial charge in [-0.3, -0.25) is 14.8 Å². The van der Waals surface area contributed by atoms with E-state index in [1.807, 2.05) is 11.8 Å². The van der Waals surface area contributed by atoms with Crippen LogP contribution in [0.15, 0.2) is 18.2 Å². The van der Waals surface area contributed by atoms with Crippen molar-refractivity contribution in [3.8, 4) is 5.75 Å². The first-order chi connectivity index (χ1) is 12.5. The lowest BCUT2D eigenvalue weighted by Gasteiger charge is -2.40. The molecular formula is C19H26N2O5. The highest BCUT2D eigenvalue weighted by molar-refractivity contribution is 5.94. The topological polar surface area (TPSA) is 88.1 Å². The van der Waals surface area contributed by atoms with Crippen molar-refractivity contribution in [3.63, 3.8) is 0 Å². The summed E-state index contributed by atoms with van der Waals surface area (Å²) in [5.41, 5.74) is 2.01. The molecule has 142 valence electrons. The standard InChI is InChI=1S/C19H26N2O5/c1-13-12-26-16-10-14(17(22)20-24)6-7-15(16)11-21(13)18(23)19(25-2)8-4-3-5-9-19/h6-7,10,13,24H,3-5,8-9,11-12H2,1-2H3,(H,20,22). The Labute approximate surface area is 153 Å². The number of hydrogen-bond acceptors (Lipinski definition) is 5. The first-order valence-corrected chi connectivity index (χ1v) is 9.07. The first kappa shape index (κ1) is 18.7. The van der Waals surface area contributed by atoms with Crippen LogP contribution in [0.5, 0.6) is 5.75 Å². The zero-order valence-corrected chi connectivity index (χ0v) is 15.3. The summed E-state index contributed by atoms with van der Waals surface area (Å²) in [5.74, 6) is -0.0219. The number of nitrogens with zero attached hydrogens (tertiary/aromatic N) is 1. The van der Waals surface area contributed by atoms with Crippen LogP contribution in [0, 0.1) is 0 Å². The number of ether oxygens (including phenoxy) is 2. The van der Waals surface area contributed by atoms with Gasteiger partial charge in [-0.1, -0.05) is 25.3 Å². The van der Waals surface area contributed by atoms with Crippen LogP contribution < -0.4 is 10.2 Å². The third-order valence-electron chi connectivity index (χ3n) is 5.49. The second-order valence-electron chi connectivity index (χ2n) is 7.12. The molecule has 0 saturated heterocycles. The minimum absolute atomic E-state index is 0.0147. The Morgan fingerprint density at radius 1 is 1.31 bits per heavy atom. The Hall–Kier alpha value is -2.12. The molecule has 26 heavy (non-hydrogen) atoms. The predicted molar refractivity (Wildman–Crippen MR) is 94.0 cm³/mol. The van der Waals surface area contributed by atoms with Crippen molar-refractivity contribution >= 4 is 11.8 Å². The smallest absolute Gasteiger partial charge is 0.274 e. The fourth-order valence-corrected chi connectivity index (χ4v) is 3.83. The molecule has 1 fully saturated rings. The molecule has 0 bridgehead atoms. The third kappa shape index (κ3) is 3.41. The van der Waals surface area contributed by atoms with E-state index < -0.39 is 11.5 Å². The van der Waals surface area contributed by atoms with Crippen molar-refractivity contribution in [2.45, 2.75) is 57.2 Å². The lowest BCUT2D eigenvalue weighted by atomic mass is 9.83. The van der Waals surface area contributed by atoms with Gasteiger partial charge in [0.25, 0.3) is 11.8 Å². The Bertz CT molecular complexity index is 685. The molecular weight excluding hydrogens is 336 g/mol. The number of benzene rings is 1. The number of amides is 2. The van der Waals surface area contributed by atoms with Crippen LogP contribution in [-0.4, -0.2) is 47.3 Å². The third-order valence-corrected chi connectivity index (χ3v) is 5.49. The minimum Gasteiger partial charge on any atom is -0.491 e. The predicted octanol–water partition coefficient (Wildman–Crippen LogP) is 2.26. The highest BCUT2D eigenvalue weighted by Gasteiger charge is 2.44. The van der Waals surface area contributed by atoms with Crippen LogP contribution in [0.2, 0.25) is 0 Å². The summed E-state index contributed by atoms with van der Waals surface area (Å²) in [6.45, 7) is 2.70. The summed E-state index contributed by atoms with van der Waals surface area (Å²) in [6.07, 6.45) is 4.61. The van der Waals surface area contributed by atoms with Gasteiger partial charge in [-0.15, -0.1) is 0 Å². The minimum atomic E-state index is -0.742. The van der Waals surface area contributed by atoms with E-state index in [0.29, 0.717) is 24.5 Å². The Morgan fingerprint density at radius 2 is 2.04 bits per heavy atom. The van der Waals surface area contributed by atoms with Gasteiger partial charge in [-0.05, 0) is 31.9 Å². The van der Waals surface area contributed by atoms with Crippen LogP contribution in [0.1, 0.15) is 54.9 Å². The summed E-state index contributed by atoms with van der Waals surface area (Å²) in [6, 6.07) is 4.85. The maximum Gasteiger partial charge on any atom is 0.274 e. The first-order valence-electron chi connectivity index (χ1n) is 9.07. The van der Waals surface area contributed by atoms with E-state index in [-0.39, 0.29) is 11.9 Å². The zero-order chi connectivity index (χ0) is 18.7. The van der Waals surface area contributed by atoms with Crippen molar-refractivity contribution in [3.05, 3.63) is 29.3 Å². The number of carbonyl (C=O) groups excluding carboxylic acids is 2. The molecule has 1 aromatic rings. The molecule has 2 N–H and O–H groups in total. The Morgan fingerprint density at radius 3 is 2.69 bits per heavy atom. The number of methoxy groups -OCH3 is 1. The summed E-state index contributed by atoms with van der Waals surface area (Å²) in [5, 5.41) is 8.80. The molecule has 7 heteroatoms. The van der Waals surface area contributed by atoms with Crippen molar-refractivity contribution in [2.75, 3.05) is 13.7 Å². The molecule has 0 spiro atoms. The Balaban J connectivity index is 1.87. The molecule has 7 nitrogen and oxygen atoms in total. The average Bonchev–Trinajstić information content (AvgIpc) is 2.85. The van der Waals surface area contributed by atoms with Gasteiger partial charge in [0.2, 0.25) is 0 Å². The van der Waals surface area contributed by atoms with E-state index >= 15 is 0 Å². The van der Waals surface area contributed by atoms with Gasteiger partial charge >= 0.3 is 0 Å². The second kappa shape index (κ2) is 7.63. The Kier molecular flexibility index (Phi) is 5.48. The molecule has 1 saturated carbocycles. The van der Waals surface area contributed by atoms with Crippen molar-refractivity contribution in [2.24, 2.45) is 0 Å². The van der Waals surface area contributed by atoms with Crippen molar-refractivity contribution < 1.29 is 24.3 Å². The molecule has 0 aromatic heterocycles. The fourth-order valence-electron chi connectivity index (χ4n) is 3.83. The normalized spacial score (nSPS) is 22.0. The highest BCUT2D eigenvalue weighted by atomic mass is 16.5. The van der Waals surface area contributed by atoms with E-state index in [9.17, 15) is 9.59 Å². The van der Waals surface area contributed by atoms with Crippen LogP contribution in [0.4, 0.5) is 0 Å². The number of hydrogen-bond donors (Lipinski definition) is 2. The van der Waals surface area contributed by atoms with Gasteiger partial charge in [0.05, 0.1) is 6.04 Å². The number of nitrogens with one attached hydrogen (secondary N) is 1. The number of fused-ring (bicyclic) bond motifs is 1. The van der Waals surface area contributed by atoms with E-state index in [4.69, 9.17) is 14.7 Å². The average molecular weight is 362 g/mol. The van der Waals surface area contributed by atoms with Gasteiger partial charge in [0, 0.05) is 24.8 Å². The summed E-state index contributed by atoms with van der Waals surface area (Å²) in [7, 11) is 1.62. The fraction of sp³-hybridized carbons (Fsp3) is 0.579. The molecule has 1 aromatic carbocycles. The van der Waals surface area contributed by atoms with E-state index in [0.717, 1.165) is 37.7 Å². The van der Waals surface area contributed by atoms with Crippen molar-refractivity contribution in [1.29, 1.82) is 0 Å². The van der Waals surface area contributed by atoms with Crippen LogP contribution in [0.3, 0.4) is 0 Å². The number of carbonyl (C=O) groups is 2. The van der Waals surface area contributed by atoms with Crippen LogP contribution >= 0.6 is 0 Å². The monoisotopic (exact) mass is 362 g/mol. The maximum atomic E-state index is 13.3. The van der Waals surface area contributed by atoms with Crippen molar-refractivity contribution in [1.82, 2.24) is 10.4 Å². The van der Waals surface area contributed by atoms with Gasteiger partial charge in [0.1, 0.15) is 18.0 Å². The summed E-state index contributed by atoms with van der Waals surface area (Å²) < 4.78 is 11.6. The second-order valence-corrected chi connectivity index (χ2v) is 7.12. The molecule has 1 aliphatic carbocycles. The highest BCUT2D eigenvalue weighted by Crippen LogP contribution is 2.35. The van der Waals surface area contributed by atoms with E-state index in [1.54, 1.807) is 30.8 Å². The van der Waals surface area contributed by atoms with Gasteiger partial charge in [-0.2, -0.15) is 0 Å². The largest absolute Gasteiger partial charge is 0.491 e. The van der Waals surface area contributed by atoms with Crippen LogP contribution in [0.25, 0.3) is 0 Å². The maximum absolute atomic E-state index is 13.3. The molecule has 2 amide bonds. The molecule has 1 atom stereocenters. The molecule has 3 rings (SSSR count). The summed E-state index contributed by atoms with van der Waals surface area (Å²) >= 11 is 0. The number of rotatable bonds is 3. The molecule has 2 aliphatic rings. The van der Waals surface area contributed by atoms with E-state index in [2.05, 4.69) is 0 Å². The molecule has 0 radical (unpaired) electrons. The van der Waals surface area contributed by atoms with Gasteiger partial charge in [0.15, 0.2) is 0 Å². The van der Waals surface area contributed by atoms with Gasteiger partial charge < -0.3 is 14.4 Å². The number of hydroxylamine groups is 1. The van der Waals surface area contributed by atoms with Gasteiger partial charge in [-0.25, -0.2) is 5.48 Å². The zero-order valence-electron chi connectivity index (χ0n) is 15.3. The molecule has 1 unspecified atom stereocenters. The molecule has 1 heterocycles.